The van der Waals surface area contributed by atoms with E-state index < -0.39 is 12.1 Å². The molecule has 120 valence electrons. The lowest BCUT2D eigenvalue weighted by molar-refractivity contribution is -0.182. The third-order valence-electron chi connectivity index (χ3n) is 4.08. The number of nitrogens with zero attached hydrogens (tertiary/aromatic N) is 3. The van der Waals surface area contributed by atoms with Gasteiger partial charge in [0.15, 0.2) is 0 Å². The normalized spacial score (nSPS) is 23.8. The van der Waals surface area contributed by atoms with Crippen molar-refractivity contribution >= 4 is 15.9 Å². The van der Waals surface area contributed by atoms with Gasteiger partial charge in [0.05, 0.1) is 11.2 Å². The SMILES string of the molecule is CC(C)Cn1c(CBr)nnc1C1CCC(C(F)(F)F)CC1. The maximum Gasteiger partial charge on any atom is 0.391 e. The third-order valence-corrected chi connectivity index (χ3v) is 4.58. The van der Waals surface area contributed by atoms with E-state index in [1.54, 1.807) is 0 Å². The average Bonchev–Trinajstić information content (AvgIpc) is 2.80. The molecule has 0 atom stereocenters. The molecule has 1 aliphatic carbocycles. The fraction of sp³-hybridized carbons (Fsp3) is 0.857. The molecule has 0 N–H and O–H groups in total. The van der Waals surface area contributed by atoms with E-state index in [0.717, 1.165) is 18.2 Å². The van der Waals surface area contributed by atoms with Crippen LogP contribution in [-0.2, 0) is 11.9 Å². The van der Waals surface area contributed by atoms with E-state index in [0.29, 0.717) is 24.1 Å². The molecule has 1 aromatic rings. The minimum Gasteiger partial charge on any atom is -0.314 e. The molecule has 1 saturated carbocycles. The van der Waals surface area contributed by atoms with Crippen molar-refractivity contribution in [2.24, 2.45) is 11.8 Å². The second-order valence-electron chi connectivity index (χ2n) is 6.20. The van der Waals surface area contributed by atoms with E-state index in [4.69, 9.17) is 0 Å². The van der Waals surface area contributed by atoms with E-state index in [2.05, 4.69) is 44.5 Å². The first-order valence-corrected chi connectivity index (χ1v) is 8.49. The Bertz CT molecular complexity index is 463. The summed E-state index contributed by atoms with van der Waals surface area (Å²) in [5.41, 5.74) is 0. The summed E-state index contributed by atoms with van der Waals surface area (Å²) in [4.78, 5) is 0. The molecule has 0 aromatic carbocycles. The first-order chi connectivity index (χ1) is 9.82. The summed E-state index contributed by atoms with van der Waals surface area (Å²) in [5, 5.41) is 9.04. The highest BCUT2D eigenvalue weighted by Gasteiger charge is 2.42. The van der Waals surface area contributed by atoms with Crippen LogP contribution in [0.3, 0.4) is 0 Å². The van der Waals surface area contributed by atoms with Gasteiger partial charge in [-0.3, -0.25) is 0 Å². The molecule has 0 unspecified atom stereocenters. The summed E-state index contributed by atoms with van der Waals surface area (Å²) >= 11 is 3.40. The van der Waals surface area contributed by atoms with Gasteiger partial charge in [0, 0.05) is 12.5 Å². The molecular formula is C14H21BrF3N3. The Labute approximate surface area is 131 Å². The Kier molecular flexibility index (Phi) is 5.33. The van der Waals surface area contributed by atoms with Gasteiger partial charge < -0.3 is 4.57 Å². The summed E-state index contributed by atoms with van der Waals surface area (Å²) in [6.45, 7) is 5.03. The van der Waals surface area contributed by atoms with Crippen LogP contribution in [0.4, 0.5) is 13.2 Å². The summed E-state index contributed by atoms with van der Waals surface area (Å²) in [5.74, 6) is 1.12. The molecule has 0 spiro atoms. The number of aromatic nitrogens is 3. The van der Waals surface area contributed by atoms with Crippen molar-refractivity contribution in [1.29, 1.82) is 0 Å². The molecule has 0 bridgehead atoms. The van der Waals surface area contributed by atoms with Crippen LogP contribution in [0.25, 0.3) is 0 Å². The van der Waals surface area contributed by atoms with Crippen LogP contribution < -0.4 is 0 Å². The predicted molar refractivity (Wildman–Crippen MR) is 78.2 cm³/mol. The molecule has 1 aliphatic rings. The van der Waals surface area contributed by atoms with E-state index >= 15 is 0 Å². The topological polar surface area (TPSA) is 30.7 Å². The zero-order valence-electron chi connectivity index (χ0n) is 12.3. The lowest BCUT2D eigenvalue weighted by atomic mass is 9.81. The summed E-state index contributed by atoms with van der Waals surface area (Å²) in [7, 11) is 0. The second-order valence-corrected chi connectivity index (χ2v) is 6.76. The molecule has 7 heteroatoms. The van der Waals surface area contributed by atoms with Crippen LogP contribution in [0.2, 0.25) is 0 Å². The molecule has 0 amide bonds. The molecule has 0 radical (unpaired) electrons. The molecular weight excluding hydrogens is 347 g/mol. The smallest absolute Gasteiger partial charge is 0.314 e. The summed E-state index contributed by atoms with van der Waals surface area (Å²) in [6.07, 6.45) is -2.57. The first-order valence-electron chi connectivity index (χ1n) is 7.37. The van der Waals surface area contributed by atoms with E-state index in [1.807, 2.05) is 0 Å². The lowest BCUT2D eigenvalue weighted by Crippen LogP contribution is -2.28. The van der Waals surface area contributed by atoms with Gasteiger partial charge in [-0.2, -0.15) is 13.2 Å². The lowest BCUT2D eigenvalue weighted by Gasteiger charge is -2.29. The van der Waals surface area contributed by atoms with Crippen molar-refractivity contribution < 1.29 is 13.2 Å². The highest BCUT2D eigenvalue weighted by molar-refractivity contribution is 9.08. The summed E-state index contributed by atoms with van der Waals surface area (Å²) in [6, 6.07) is 0. The highest BCUT2D eigenvalue weighted by atomic mass is 79.9. The minimum atomic E-state index is -4.06. The molecule has 21 heavy (non-hydrogen) atoms. The van der Waals surface area contributed by atoms with Crippen LogP contribution in [0.1, 0.15) is 57.1 Å². The zero-order valence-corrected chi connectivity index (χ0v) is 13.9. The Morgan fingerprint density at radius 3 is 2.29 bits per heavy atom. The summed E-state index contributed by atoms with van der Waals surface area (Å²) < 4.78 is 40.3. The molecule has 1 aromatic heterocycles. The predicted octanol–water partition coefficient (Wildman–Crippen LogP) is 4.67. The van der Waals surface area contributed by atoms with Crippen LogP contribution in [0, 0.1) is 11.8 Å². The maximum atomic E-state index is 12.7. The van der Waals surface area contributed by atoms with Crippen LogP contribution >= 0.6 is 15.9 Å². The van der Waals surface area contributed by atoms with Gasteiger partial charge in [-0.15, -0.1) is 10.2 Å². The van der Waals surface area contributed by atoms with Crippen LogP contribution in [-0.4, -0.2) is 20.9 Å². The van der Waals surface area contributed by atoms with Crippen molar-refractivity contribution in [3.05, 3.63) is 11.6 Å². The molecule has 3 nitrogen and oxygen atoms in total. The first kappa shape index (κ1) is 16.8. The monoisotopic (exact) mass is 367 g/mol. The van der Waals surface area contributed by atoms with Gasteiger partial charge in [0.1, 0.15) is 11.6 Å². The molecule has 1 heterocycles. The molecule has 0 aliphatic heterocycles. The maximum absolute atomic E-state index is 12.7. The number of halogens is 4. The Balaban J connectivity index is 2.11. The quantitative estimate of drug-likeness (QED) is 0.724. The van der Waals surface area contributed by atoms with Gasteiger partial charge in [-0.25, -0.2) is 0 Å². The van der Waals surface area contributed by atoms with Crippen LogP contribution in [0.15, 0.2) is 0 Å². The van der Waals surface area contributed by atoms with Gasteiger partial charge in [-0.1, -0.05) is 29.8 Å². The largest absolute Gasteiger partial charge is 0.391 e. The van der Waals surface area contributed by atoms with Crippen molar-refractivity contribution in [1.82, 2.24) is 14.8 Å². The third kappa shape index (κ3) is 3.99. The minimum absolute atomic E-state index is 0.0997. The zero-order chi connectivity index (χ0) is 15.6. The van der Waals surface area contributed by atoms with Crippen LogP contribution in [0.5, 0.6) is 0 Å². The van der Waals surface area contributed by atoms with Crippen molar-refractivity contribution in [3.8, 4) is 0 Å². The van der Waals surface area contributed by atoms with E-state index in [9.17, 15) is 13.2 Å². The van der Waals surface area contributed by atoms with Gasteiger partial charge >= 0.3 is 6.18 Å². The van der Waals surface area contributed by atoms with Crippen molar-refractivity contribution in [3.63, 3.8) is 0 Å². The Hall–Kier alpha value is -0.590. The number of alkyl halides is 4. The average molecular weight is 368 g/mol. The van der Waals surface area contributed by atoms with Crippen molar-refractivity contribution in [2.75, 3.05) is 0 Å². The fourth-order valence-electron chi connectivity index (χ4n) is 2.99. The molecule has 0 saturated heterocycles. The molecule has 1 fully saturated rings. The molecule has 2 rings (SSSR count). The standard InChI is InChI=1S/C14H21BrF3N3/c1-9(2)8-21-12(7-15)19-20-13(21)10-3-5-11(6-4-10)14(16,17)18/h9-11H,3-8H2,1-2H3. The number of hydrogen-bond donors (Lipinski definition) is 0. The van der Waals surface area contributed by atoms with Crippen molar-refractivity contribution in [2.45, 2.75) is 63.5 Å². The van der Waals surface area contributed by atoms with Gasteiger partial charge in [-0.05, 0) is 31.6 Å². The second kappa shape index (κ2) is 6.67. The number of hydrogen-bond acceptors (Lipinski definition) is 2. The van der Waals surface area contributed by atoms with Gasteiger partial charge in [0.25, 0.3) is 0 Å². The Morgan fingerprint density at radius 2 is 1.81 bits per heavy atom. The number of rotatable bonds is 4. The van der Waals surface area contributed by atoms with Gasteiger partial charge in [0.2, 0.25) is 0 Å². The van der Waals surface area contributed by atoms with E-state index in [-0.39, 0.29) is 18.8 Å². The fourth-order valence-corrected chi connectivity index (χ4v) is 3.41. The Morgan fingerprint density at radius 1 is 1.19 bits per heavy atom. The highest BCUT2D eigenvalue weighted by Crippen LogP contribution is 2.42. The van der Waals surface area contributed by atoms with E-state index in [1.165, 1.54) is 0 Å².